The number of piperidine rings is 1. The van der Waals surface area contributed by atoms with Crippen molar-refractivity contribution in [3.63, 3.8) is 0 Å². The predicted molar refractivity (Wildman–Crippen MR) is 93.6 cm³/mol. The van der Waals surface area contributed by atoms with Gasteiger partial charge in [-0.1, -0.05) is 41.6 Å². The predicted octanol–water partition coefficient (Wildman–Crippen LogP) is 1.74. The lowest BCUT2D eigenvalue weighted by Crippen LogP contribution is -2.31. The van der Waals surface area contributed by atoms with Crippen molar-refractivity contribution in [3.8, 4) is 0 Å². The molecule has 0 aliphatic carbocycles. The van der Waals surface area contributed by atoms with Crippen LogP contribution >= 0.6 is 35.6 Å². The number of fused-ring (bicyclic) bond motifs is 1. The van der Waals surface area contributed by atoms with Gasteiger partial charge in [-0.15, -0.1) is 0 Å². The van der Waals surface area contributed by atoms with Gasteiger partial charge in [0, 0.05) is 10.7 Å². The molecule has 2 aliphatic heterocycles. The third-order valence-corrected chi connectivity index (χ3v) is 5.63. The summed E-state index contributed by atoms with van der Waals surface area (Å²) in [5, 5.41) is 17.4. The normalized spacial score (nSPS) is 18.7. The van der Waals surface area contributed by atoms with Gasteiger partial charge in [-0.2, -0.15) is 0 Å². The van der Waals surface area contributed by atoms with Gasteiger partial charge in [0.25, 0.3) is 0 Å². The fourth-order valence-electron chi connectivity index (χ4n) is 2.58. The van der Waals surface area contributed by atoms with Crippen LogP contribution < -0.4 is 16.1 Å². The van der Waals surface area contributed by atoms with Gasteiger partial charge in [-0.25, -0.2) is 0 Å². The topological polar surface area (TPSA) is 53.5 Å². The van der Waals surface area contributed by atoms with Gasteiger partial charge >= 0.3 is 7.12 Å². The summed E-state index contributed by atoms with van der Waals surface area (Å²) in [5.41, 5.74) is 2.30. The second-order valence-electron chi connectivity index (χ2n) is 5.14. The number of benzene rings is 1. The lowest BCUT2D eigenvalue weighted by Gasteiger charge is -2.22. The van der Waals surface area contributed by atoms with Crippen LogP contribution in [-0.4, -0.2) is 34.8 Å². The first-order chi connectivity index (χ1) is 10.1. The van der Waals surface area contributed by atoms with E-state index in [0.717, 1.165) is 41.5 Å². The molecule has 0 atom stereocenters. The first-order valence-electron chi connectivity index (χ1n) is 6.94. The summed E-state index contributed by atoms with van der Waals surface area (Å²) in [6, 6.07) is 3.80. The highest BCUT2D eigenvalue weighted by Gasteiger charge is 2.31. The highest BCUT2D eigenvalue weighted by Crippen LogP contribution is 2.28. The minimum Gasteiger partial charge on any atom is -0.423 e. The fourth-order valence-corrected chi connectivity index (χ4v) is 4.36. The average molecular weight is 343 g/mol. The quantitative estimate of drug-likeness (QED) is 0.562. The zero-order chi connectivity index (χ0) is 14.8. The van der Waals surface area contributed by atoms with Crippen LogP contribution in [0.2, 0.25) is 5.02 Å². The van der Waals surface area contributed by atoms with Crippen molar-refractivity contribution in [3.05, 3.63) is 22.7 Å². The Morgan fingerprint density at radius 2 is 2.24 bits per heavy atom. The van der Waals surface area contributed by atoms with E-state index in [9.17, 15) is 5.02 Å². The maximum Gasteiger partial charge on any atom is 0.493 e. The summed E-state index contributed by atoms with van der Waals surface area (Å²) in [5.74, 6) is 0. The number of hydrogen-bond donors (Lipinski definition) is 3. The largest absolute Gasteiger partial charge is 0.493 e. The molecule has 0 radical (unpaired) electrons. The number of anilines is 1. The zero-order valence-electron chi connectivity index (χ0n) is 11.4. The van der Waals surface area contributed by atoms with Crippen LogP contribution in [0.4, 0.5) is 5.69 Å². The van der Waals surface area contributed by atoms with Crippen LogP contribution in [0.25, 0.3) is 0 Å². The van der Waals surface area contributed by atoms with Gasteiger partial charge in [-0.05, 0) is 37.6 Å². The van der Waals surface area contributed by atoms with Crippen LogP contribution in [-0.2, 0) is 11.3 Å². The van der Waals surface area contributed by atoms with E-state index in [1.54, 1.807) is 11.8 Å². The van der Waals surface area contributed by atoms with Crippen molar-refractivity contribution in [1.82, 2.24) is 5.32 Å². The van der Waals surface area contributed by atoms with Crippen LogP contribution in [0.15, 0.2) is 12.1 Å². The molecule has 0 spiro atoms. The van der Waals surface area contributed by atoms with E-state index in [2.05, 4.69) is 10.6 Å². The molecule has 1 saturated heterocycles. The summed E-state index contributed by atoms with van der Waals surface area (Å²) >= 11 is 13.5. The van der Waals surface area contributed by atoms with E-state index in [-0.39, 0.29) is 0 Å². The van der Waals surface area contributed by atoms with Gasteiger partial charge < -0.3 is 20.3 Å². The molecule has 0 aromatic heterocycles. The highest BCUT2D eigenvalue weighted by molar-refractivity contribution is 8.23. The number of nitrogens with one attached hydrogen (secondary N) is 2. The molecule has 21 heavy (non-hydrogen) atoms. The molecule has 2 heterocycles. The first-order valence-corrected chi connectivity index (χ1v) is 8.61. The van der Waals surface area contributed by atoms with E-state index in [1.807, 2.05) is 12.1 Å². The number of rotatable bonds is 2. The van der Waals surface area contributed by atoms with Crippen molar-refractivity contribution >= 4 is 58.2 Å². The standard InChI is InChI=1S/C13H16BClN2O2S2/c15-12-10(2-1-8-7-19-14(18)11(8)12)17-13(20)21-9-3-5-16-6-4-9/h1-2,9,16,18H,3-7H2,(H,17,20). The molecule has 1 fully saturated rings. The highest BCUT2D eigenvalue weighted by atomic mass is 35.5. The molecule has 0 unspecified atom stereocenters. The molecule has 8 heteroatoms. The van der Waals surface area contributed by atoms with Crippen molar-refractivity contribution in [1.29, 1.82) is 0 Å². The molecule has 1 aromatic carbocycles. The Hall–Kier alpha value is -0.305. The molecular formula is C13H16BClN2O2S2. The maximum absolute atomic E-state index is 9.80. The fraction of sp³-hybridized carbons (Fsp3) is 0.462. The third kappa shape index (κ3) is 3.55. The molecule has 1 aromatic rings. The van der Waals surface area contributed by atoms with Crippen molar-refractivity contribution in [2.75, 3.05) is 18.4 Å². The van der Waals surface area contributed by atoms with Crippen LogP contribution in [0.5, 0.6) is 0 Å². The van der Waals surface area contributed by atoms with E-state index >= 15 is 0 Å². The first kappa shape index (κ1) is 15.6. The number of thioether (sulfide) groups is 1. The second-order valence-corrected chi connectivity index (χ2v) is 7.50. The van der Waals surface area contributed by atoms with E-state index in [0.29, 0.717) is 22.3 Å². The Kier molecular flexibility index (Phi) is 5.09. The minimum absolute atomic E-state index is 0.394. The van der Waals surface area contributed by atoms with Crippen LogP contribution in [0.3, 0.4) is 0 Å². The Balaban J connectivity index is 1.67. The third-order valence-electron chi connectivity index (χ3n) is 3.71. The zero-order valence-corrected chi connectivity index (χ0v) is 13.8. The van der Waals surface area contributed by atoms with Gasteiger partial charge in [0.15, 0.2) is 0 Å². The van der Waals surface area contributed by atoms with Crippen molar-refractivity contribution in [2.45, 2.75) is 24.7 Å². The smallest absolute Gasteiger partial charge is 0.423 e. The molecule has 112 valence electrons. The summed E-state index contributed by atoms with van der Waals surface area (Å²) in [7, 11) is -0.945. The lowest BCUT2D eigenvalue weighted by molar-refractivity contribution is 0.275. The summed E-state index contributed by atoms with van der Waals surface area (Å²) in [6.07, 6.45) is 2.24. The summed E-state index contributed by atoms with van der Waals surface area (Å²) < 4.78 is 5.90. The molecule has 3 rings (SSSR count). The number of thiocarbonyl (C=S) groups is 1. The lowest BCUT2D eigenvalue weighted by atomic mass is 9.79. The second kappa shape index (κ2) is 6.85. The Labute approximate surface area is 139 Å². The molecule has 2 aliphatic rings. The molecule has 0 saturated carbocycles. The summed E-state index contributed by atoms with van der Waals surface area (Å²) in [4.78, 5) is 0. The molecular weight excluding hydrogens is 327 g/mol. The minimum atomic E-state index is -0.945. The van der Waals surface area contributed by atoms with Gasteiger partial charge in [-0.3, -0.25) is 0 Å². The monoisotopic (exact) mass is 342 g/mol. The Morgan fingerprint density at radius 1 is 1.48 bits per heavy atom. The number of halogens is 1. The SMILES string of the molecule is OB1OCc2ccc(NC(=S)SC3CCNCC3)c(Cl)c21. The van der Waals surface area contributed by atoms with Gasteiger partial charge in [0.1, 0.15) is 4.32 Å². The van der Waals surface area contributed by atoms with E-state index in [4.69, 9.17) is 28.5 Å². The summed E-state index contributed by atoms with van der Waals surface area (Å²) in [6.45, 7) is 2.48. The molecule has 0 amide bonds. The van der Waals surface area contributed by atoms with Crippen LogP contribution in [0, 0.1) is 0 Å². The van der Waals surface area contributed by atoms with Crippen molar-refractivity contribution in [2.24, 2.45) is 0 Å². The van der Waals surface area contributed by atoms with E-state index < -0.39 is 7.12 Å². The Morgan fingerprint density at radius 3 is 3.00 bits per heavy atom. The van der Waals surface area contributed by atoms with Crippen LogP contribution in [0.1, 0.15) is 18.4 Å². The maximum atomic E-state index is 9.80. The van der Waals surface area contributed by atoms with E-state index in [1.165, 1.54) is 0 Å². The average Bonchev–Trinajstić information content (AvgIpc) is 2.85. The number of hydrogen-bond acceptors (Lipinski definition) is 5. The Bertz CT molecular complexity index is 555. The molecule has 3 N–H and O–H groups in total. The molecule has 4 nitrogen and oxygen atoms in total. The molecule has 0 bridgehead atoms. The van der Waals surface area contributed by atoms with Crippen molar-refractivity contribution < 1.29 is 9.68 Å². The van der Waals surface area contributed by atoms with Gasteiger partial charge in [0.05, 0.1) is 17.3 Å². The van der Waals surface area contributed by atoms with Gasteiger partial charge in [0.2, 0.25) is 0 Å².